The molecule has 4 nitrogen and oxygen atoms in total. The molecule has 2 N–H and O–H groups in total. The predicted octanol–water partition coefficient (Wildman–Crippen LogP) is 12.5. The van der Waals surface area contributed by atoms with Gasteiger partial charge < -0.3 is 10.6 Å². The van der Waals surface area contributed by atoms with E-state index in [4.69, 9.17) is 9.98 Å². The molecule has 0 spiro atoms. The highest BCUT2D eigenvalue weighted by molar-refractivity contribution is 7.88. The number of aliphatic imine (C=N–C) groups is 2. The van der Waals surface area contributed by atoms with Crippen LogP contribution in [0.15, 0.2) is 204 Å². The van der Waals surface area contributed by atoms with E-state index in [9.17, 15) is 0 Å². The molecule has 0 aliphatic rings. The first-order valence-electron chi connectivity index (χ1n) is 19.6. The third-order valence-electron chi connectivity index (χ3n) is 10.2. The molecule has 0 atom stereocenters. The molecule has 0 bridgehead atoms. The van der Waals surface area contributed by atoms with Gasteiger partial charge in [-0.25, -0.2) is 9.98 Å². The number of anilines is 2. The molecule has 0 heterocycles. The second kappa shape index (κ2) is 18.0. The maximum absolute atomic E-state index is 5.58. The van der Waals surface area contributed by atoms with E-state index < -0.39 is 15.8 Å². The maximum atomic E-state index is 5.58. The summed E-state index contributed by atoms with van der Waals surface area (Å²) in [5.74, 6) is 0. The second-order valence-electron chi connectivity index (χ2n) is 14.4. The van der Waals surface area contributed by atoms with Crippen LogP contribution >= 0.6 is 15.8 Å². The Kier molecular flexibility index (Phi) is 12.0. The van der Waals surface area contributed by atoms with Crippen molar-refractivity contribution in [2.75, 3.05) is 10.6 Å². The number of rotatable bonds is 10. The van der Waals surface area contributed by atoms with Crippen molar-refractivity contribution in [3.8, 4) is 0 Å². The fourth-order valence-electron chi connectivity index (χ4n) is 7.27. The highest BCUT2D eigenvalue weighted by Crippen LogP contribution is 2.42. The summed E-state index contributed by atoms with van der Waals surface area (Å²) in [6, 6.07) is 68.8. The highest BCUT2D eigenvalue weighted by Gasteiger charge is 2.24. The zero-order valence-electron chi connectivity index (χ0n) is 33.3. The van der Waals surface area contributed by atoms with Crippen LogP contribution in [0.2, 0.25) is 0 Å². The van der Waals surface area contributed by atoms with Crippen LogP contribution in [-0.2, 0) is 0 Å². The van der Waals surface area contributed by atoms with E-state index in [0.717, 1.165) is 44.7 Å². The number of para-hydroxylation sites is 2. The molecule has 8 rings (SSSR count). The average Bonchev–Trinajstić information content (AvgIpc) is 3.25. The summed E-state index contributed by atoms with van der Waals surface area (Å²) in [7, 11) is -2.05. The Bertz CT molecular complexity index is 2600. The van der Waals surface area contributed by atoms with E-state index in [1.807, 2.05) is 0 Å². The van der Waals surface area contributed by atoms with E-state index in [2.05, 4.69) is 232 Å². The second-order valence-corrected chi connectivity index (χ2v) is 18.6. The van der Waals surface area contributed by atoms with Crippen LogP contribution in [0.5, 0.6) is 0 Å². The first-order chi connectivity index (χ1) is 28.4. The minimum atomic E-state index is -1.03. The van der Waals surface area contributed by atoms with Gasteiger partial charge in [0.15, 0.2) is 0 Å². The number of hydrogen-bond donors (Lipinski definition) is 2. The monoisotopic (exact) mass is 788 g/mol. The zero-order valence-corrected chi connectivity index (χ0v) is 35.1. The molecule has 0 aliphatic carbocycles. The number of nitrogens with one attached hydrogen (secondary N) is 2. The fraction of sp³-hybridized carbons (Fsp3) is 0.0769. The van der Waals surface area contributed by atoms with E-state index in [1.165, 1.54) is 43.5 Å². The standard InChI is InChI=1S/C52H46N4P2/c1-37-20-17-21-38(2)49(37)55-51(57(43-25-9-5-10-26-43)44-27-11-6-12-28-44)53-42-34-35-47-41(36-42)24-19-33-48(47)54-52(56-50-39(3)22-18-23-40(50)4)58(45-29-13-7-14-30-45)46-31-15-8-16-32-46/h5-36H,1-4H3,(H,53,55)(H,54,56). The van der Waals surface area contributed by atoms with Crippen molar-refractivity contribution in [3.05, 3.63) is 216 Å². The first-order valence-corrected chi connectivity index (χ1v) is 22.3. The molecule has 58 heavy (non-hydrogen) atoms. The quantitative estimate of drug-likeness (QED) is 0.0824. The molecule has 8 aromatic rings. The lowest BCUT2D eigenvalue weighted by Crippen LogP contribution is -2.24. The van der Waals surface area contributed by atoms with Crippen molar-refractivity contribution in [2.24, 2.45) is 9.98 Å². The number of aryl methyl sites for hydroxylation is 4. The van der Waals surface area contributed by atoms with Crippen LogP contribution < -0.4 is 31.9 Å². The predicted molar refractivity (Wildman–Crippen MR) is 255 cm³/mol. The van der Waals surface area contributed by atoms with Gasteiger partial charge in [-0.1, -0.05) is 176 Å². The molecule has 8 aromatic carbocycles. The van der Waals surface area contributed by atoms with E-state index in [1.54, 1.807) is 0 Å². The van der Waals surface area contributed by atoms with Gasteiger partial charge >= 0.3 is 0 Å². The minimum Gasteiger partial charge on any atom is -0.339 e. The average molecular weight is 789 g/mol. The number of benzene rings is 8. The molecule has 0 radical (unpaired) electrons. The van der Waals surface area contributed by atoms with Crippen LogP contribution in [0, 0.1) is 27.7 Å². The highest BCUT2D eigenvalue weighted by atomic mass is 31.1. The molecular formula is C52H46N4P2. The van der Waals surface area contributed by atoms with Crippen molar-refractivity contribution in [2.45, 2.75) is 27.7 Å². The van der Waals surface area contributed by atoms with E-state index in [0.29, 0.717) is 0 Å². The summed E-state index contributed by atoms with van der Waals surface area (Å²) < 4.78 is 0. The van der Waals surface area contributed by atoms with E-state index in [-0.39, 0.29) is 0 Å². The Labute approximate surface area is 345 Å². The van der Waals surface area contributed by atoms with Crippen LogP contribution in [0.3, 0.4) is 0 Å². The smallest absolute Gasteiger partial charge is 0.139 e. The molecule has 284 valence electrons. The van der Waals surface area contributed by atoms with Crippen molar-refractivity contribution >= 4 is 81.7 Å². The Morgan fingerprint density at radius 3 is 1.17 bits per heavy atom. The van der Waals surface area contributed by atoms with Gasteiger partial charge in [-0.2, -0.15) is 0 Å². The largest absolute Gasteiger partial charge is 0.339 e. The van der Waals surface area contributed by atoms with Gasteiger partial charge in [0, 0.05) is 32.6 Å². The third kappa shape index (κ3) is 8.70. The number of hydrogen-bond acceptors (Lipinski definition) is 2. The molecule has 6 heteroatoms. The van der Waals surface area contributed by atoms with Gasteiger partial charge in [0.05, 0.1) is 11.4 Å². The molecule has 0 aliphatic heterocycles. The minimum absolute atomic E-state index is 0.881. The molecule has 0 saturated heterocycles. The lowest BCUT2D eigenvalue weighted by molar-refractivity contribution is 1.37. The summed E-state index contributed by atoms with van der Waals surface area (Å²) in [5, 5.41) is 14.8. The molecule has 0 amide bonds. The van der Waals surface area contributed by atoms with Crippen LogP contribution in [0.4, 0.5) is 22.7 Å². The summed E-state index contributed by atoms with van der Waals surface area (Å²) in [6.07, 6.45) is 0. The van der Waals surface area contributed by atoms with Crippen LogP contribution in [0.25, 0.3) is 10.8 Å². The number of fused-ring (bicyclic) bond motifs is 1. The van der Waals surface area contributed by atoms with Crippen LogP contribution in [0.1, 0.15) is 22.3 Å². The first kappa shape index (κ1) is 38.7. The molecule has 0 fully saturated rings. The van der Waals surface area contributed by atoms with Crippen LogP contribution in [-0.4, -0.2) is 11.2 Å². The third-order valence-corrected chi connectivity index (χ3v) is 14.7. The Morgan fingerprint density at radius 2 is 0.759 bits per heavy atom. The maximum Gasteiger partial charge on any atom is 0.139 e. The summed E-state index contributed by atoms with van der Waals surface area (Å²) in [4.78, 5) is 11.1. The van der Waals surface area contributed by atoms with Crippen molar-refractivity contribution in [3.63, 3.8) is 0 Å². The Balaban J connectivity index is 1.28. The van der Waals surface area contributed by atoms with E-state index >= 15 is 0 Å². The lowest BCUT2D eigenvalue weighted by atomic mass is 10.1. The van der Waals surface area contributed by atoms with Gasteiger partial charge in [0.1, 0.15) is 11.2 Å². The molecule has 0 saturated carbocycles. The fourth-order valence-corrected chi connectivity index (χ4v) is 11.6. The van der Waals surface area contributed by atoms with Crippen molar-refractivity contribution < 1.29 is 0 Å². The number of amidine groups is 2. The van der Waals surface area contributed by atoms with Gasteiger partial charge in [0.25, 0.3) is 0 Å². The summed E-state index contributed by atoms with van der Waals surface area (Å²) in [5.41, 5.74) is 10.6. The Morgan fingerprint density at radius 1 is 0.379 bits per heavy atom. The summed E-state index contributed by atoms with van der Waals surface area (Å²) in [6.45, 7) is 8.63. The summed E-state index contributed by atoms with van der Waals surface area (Å²) >= 11 is 0. The van der Waals surface area contributed by atoms with Gasteiger partial charge in [-0.05, 0) is 94.8 Å². The van der Waals surface area contributed by atoms with Gasteiger partial charge in [-0.3, -0.25) is 0 Å². The Hall–Kier alpha value is -6.18. The number of nitrogens with zero attached hydrogens (tertiary/aromatic N) is 2. The van der Waals surface area contributed by atoms with Crippen molar-refractivity contribution in [1.82, 2.24) is 0 Å². The van der Waals surface area contributed by atoms with Crippen molar-refractivity contribution in [1.29, 1.82) is 0 Å². The topological polar surface area (TPSA) is 48.8 Å². The SMILES string of the molecule is Cc1cccc(C)c1NC(=Nc1ccc2c(N=C(Nc3c(C)cccc3C)P(c3ccccc3)c3ccccc3)cccc2c1)P(c1ccccc1)c1ccccc1. The molecule has 0 unspecified atom stereocenters. The lowest BCUT2D eigenvalue weighted by Gasteiger charge is -2.24. The van der Waals surface area contributed by atoms with Gasteiger partial charge in [0.2, 0.25) is 0 Å². The molecule has 0 aromatic heterocycles. The van der Waals surface area contributed by atoms with Gasteiger partial charge in [-0.15, -0.1) is 0 Å². The molecular weight excluding hydrogens is 743 g/mol. The normalized spacial score (nSPS) is 12.0. The zero-order chi connectivity index (χ0) is 39.8.